The smallest absolute Gasteiger partial charge is 0.0596 e. The Bertz CT molecular complexity index is 330. The van der Waals surface area contributed by atoms with Crippen molar-refractivity contribution in [3.63, 3.8) is 0 Å². The first-order valence-corrected chi connectivity index (χ1v) is 7.45. The van der Waals surface area contributed by atoms with Crippen molar-refractivity contribution in [1.82, 2.24) is 15.1 Å². The number of rotatable bonds is 9. The van der Waals surface area contributed by atoms with Crippen LogP contribution in [0.5, 0.6) is 0 Å². The van der Waals surface area contributed by atoms with E-state index in [0.717, 1.165) is 37.7 Å². The summed E-state index contributed by atoms with van der Waals surface area (Å²) in [6.07, 6.45) is 4.92. The van der Waals surface area contributed by atoms with Gasteiger partial charge in [-0.3, -0.25) is 4.68 Å². The van der Waals surface area contributed by atoms with E-state index in [2.05, 4.69) is 48.9 Å². The molecular weight excluding hydrogens is 222 g/mol. The first-order chi connectivity index (χ1) is 8.71. The molecule has 104 valence electrons. The molecule has 0 saturated carbocycles. The average Bonchev–Trinajstić information content (AvgIpc) is 2.70. The van der Waals surface area contributed by atoms with Crippen molar-refractivity contribution in [2.75, 3.05) is 13.1 Å². The summed E-state index contributed by atoms with van der Waals surface area (Å²) in [5.41, 5.74) is 2.54. The number of aromatic nitrogens is 2. The number of nitrogens with zero attached hydrogens (tertiary/aromatic N) is 2. The van der Waals surface area contributed by atoms with Crippen molar-refractivity contribution in [1.29, 1.82) is 0 Å². The van der Waals surface area contributed by atoms with E-state index < -0.39 is 0 Å². The summed E-state index contributed by atoms with van der Waals surface area (Å²) in [6, 6.07) is 2.24. The lowest BCUT2D eigenvalue weighted by Crippen LogP contribution is -2.25. The molecule has 0 aliphatic rings. The second kappa shape index (κ2) is 8.30. The average molecular weight is 251 g/mol. The summed E-state index contributed by atoms with van der Waals surface area (Å²) in [6.45, 7) is 12.0. The van der Waals surface area contributed by atoms with E-state index in [1.165, 1.54) is 25.0 Å². The molecule has 3 nitrogen and oxygen atoms in total. The zero-order chi connectivity index (χ0) is 13.4. The fourth-order valence-electron chi connectivity index (χ4n) is 2.50. The van der Waals surface area contributed by atoms with Crippen LogP contribution >= 0.6 is 0 Å². The van der Waals surface area contributed by atoms with Gasteiger partial charge in [-0.1, -0.05) is 20.3 Å². The van der Waals surface area contributed by atoms with Gasteiger partial charge in [-0.2, -0.15) is 5.10 Å². The highest BCUT2D eigenvalue weighted by Crippen LogP contribution is 2.15. The Hall–Kier alpha value is -0.830. The van der Waals surface area contributed by atoms with Gasteiger partial charge in [0.2, 0.25) is 0 Å². The molecule has 0 aliphatic heterocycles. The molecule has 0 radical (unpaired) electrons. The summed E-state index contributed by atoms with van der Waals surface area (Å²) in [7, 11) is 0. The monoisotopic (exact) mass is 251 g/mol. The van der Waals surface area contributed by atoms with Gasteiger partial charge in [-0.15, -0.1) is 0 Å². The fraction of sp³-hybridized carbons (Fsp3) is 0.800. The third kappa shape index (κ3) is 4.81. The number of hydrogen-bond donors (Lipinski definition) is 1. The van der Waals surface area contributed by atoms with Crippen molar-refractivity contribution in [2.45, 2.75) is 59.9 Å². The highest BCUT2D eigenvalue weighted by Gasteiger charge is 2.12. The lowest BCUT2D eigenvalue weighted by Gasteiger charge is -2.17. The van der Waals surface area contributed by atoms with Crippen molar-refractivity contribution < 1.29 is 0 Å². The first-order valence-electron chi connectivity index (χ1n) is 7.45. The van der Waals surface area contributed by atoms with Crippen LogP contribution in [0.4, 0.5) is 0 Å². The summed E-state index contributed by atoms with van der Waals surface area (Å²) < 4.78 is 2.15. The maximum absolute atomic E-state index is 4.54. The third-order valence-corrected chi connectivity index (χ3v) is 3.34. The highest BCUT2D eigenvalue weighted by atomic mass is 15.3. The molecular formula is C15H29N3. The molecule has 1 aromatic rings. The minimum atomic E-state index is 0.739. The quantitative estimate of drug-likeness (QED) is 0.683. The Morgan fingerprint density at radius 1 is 1.28 bits per heavy atom. The van der Waals surface area contributed by atoms with Crippen LogP contribution < -0.4 is 5.32 Å². The molecule has 1 unspecified atom stereocenters. The van der Waals surface area contributed by atoms with Crippen LogP contribution in [0.25, 0.3) is 0 Å². The largest absolute Gasteiger partial charge is 0.316 e. The zero-order valence-electron chi connectivity index (χ0n) is 12.5. The summed E-state index contributed by atoms with van der Waals surface area (Å²) in [5, 5.41) is 8.09. The van der Waals surface area contributed by atoms with Gasteiger partial charge in [0.15, 0.2) is 0 Å². The van der Waals surface area contributed by atoms with Gasteiger partial charge in [0.25, 0.3) is 0 Å². The molecule has 0 amide bonds. The molecule has 1 N–H and O–H groups in total. The normalized spacial score (nSPS) is 12.9. The molecule has 1 rings (SSSR count). The van der Waals surface area contributed by atoms with Crippen LogP contribution in [0, 0.1) is 12.8 Å². The van der Waals surface area contributed by atoms with Crippen LogP contribution in [0.15, 0.2) is 6.07 Å². The number of nitrogens with one attached hydrogen (secondary N) is 1. The van der Waals surface area contributed by atoms with Gasteiger partial charge in [0.05, 0.1) is 5.69 Å². The Morgan fingerprint density at radius 2 is 2.06 bits per heavy atom. The Labute approximate surface area is 112 Å². The molecule has 0 aliphatic carbocycles. The number of hydrogen-bond acceptors (Lipinski definition) is 2. The Kier molecular flexibility index (Phi) is 7.02. The Balaban J connectivity index is 2.57. The standard InChI is InChI=1S/C15H29N3/c1-5-8-14(12-16-9-6-2)11-15-10-13(4)17-18(15)7-3/h10,14,16H,5-9,11-12H2,1-4H3. The summed E-state index contributed by atoms with van der Waals surface area (Å²) >= 11 is 0. The minimum Gasteiger partial charge on any atom is -0.316 e. The second-order valence-electron chi connectivity index (χ2n) is 5.16. The molecule has 1 heterocycles. The predicted octanol–water partition coefficient (Wildman–Crippen LogP) is 3.17. The molecule has 0 fully saturated rings. The van der Waals surface area contributed by atoms with Gasteiger partial charge >= 0.3 is 0 Å². The molecule has 0 bridgehead atoms. The maximum Gasteiger partial charge on any atom is 0.0596 e. The van der Waals surface area contributed by atoms with E-state index >= 15 is 0 Å². The van der Waals surface area contributed by atoms with Gasteiger partial charge in [0, 0.05) is 12.2 Å². The lowest BCUT2D eigenvalue weighted by molar-refractivity contribution is 0.425. The van der Waals surface area contributed by atoms with E-state index in [1.54, 1.807) is 0 Å². The van der Waals surface area contributed by atoms with Gasteiger partial charge < -0.3 is 5.32 Å². The van der Waals surface area contributed by atoms with Gasteiger partial charge in [-0.25, -0.2) is 0 Å². The van der Waals surface area contributed by atoms with Crippen LogP contribution in [0.1, 0.15) is 51.4 Å². The molecule has 1 atom stereocenters. The van der Waals surface area contributed by atoms with E-state index in [1.807, 2.05) is 0 Å². The van der Waals surface area contributed by atoms with Crippen molar-refractivity contribution in [2.24, 2.45) is 5.92 Å². The molecule has 0 spiro atoms. The van der Waals surface area contributed by atoms with E-state index in [-0.39, 0.29) is 0 Å². The fourth-order valence-corrected chi connectivity index (χ4v) is 2.50. The zero-order valence-corrected chi connectivity index (χ0v) is 12.5. The molecule has 1 aromatic heterocycles. The molecule has 18 heavy (non-hydrogen) atoms. The lowest BCUT2D eigenvalue weighted by atomic mass is 9.97. The summed E-state index contributed by atoms with van der Waals surface area (Å²) in [4.78, 5) is 0. The topological polar surface area (TPSA) is 29.9 Å². The van der Waals surface area contributed by atoms with Crippen LogP contribution in [0.2, 0.25) is 0 Å². The summed E-state index contributed by atoms with van der Waals surface area (Å²) in [5.74, 6) is 0.739. The van der Waals surface area contributed by atoms with Crippen LogP contribution in [-0.4, -0.2) is 22.9 Å². The van der Waals surface area contributed by atoms with Crippen LogP contribution in [0.3, 0.4) is 0 Å². The van der Waals surface area contributed by atoms with E-state index in [9.17, 15) is 0 Å². The number of aryl methyl sites for hydroxylation is 2. The maximum atomic E-state index is 4.54. The molecule has 3 heteroatoms. The second-order valence-corrected chi connectivity index (χ2v) is 5.16. The van der Waals surface area contributed by atoms with Gasteiger partial charge in [-0.05, 0) is 58.2 Å². The van der Waals surface area contributed by atoms with Crippen molar-refractivity contribution >= 4 is 0 Å². The predicted molar refractivity (Wildman–Crippen MR) is 77.9 cm³/mol. The van der Waals surface area contributed by atoms with Crippen molar-refractivity contribution in [3.05, 3.63) is 17.5 Å². The molecule has 0 saturated heterocycles. The SMILES string of the molecule is CCCNCC(CCC)Cc1cc(C)nn1CC. The molecule has 0 aromatic carbocycles. The third-order valence-electron chi connectivity index (χ3n) is 3.34. The van der Waals surface area contributed by atoms with Crippen LogP contribution in [-0.2, 0) is 13.0 Å². The van der Waals surface area contributed by atoms with E-state index in [0.29, 0.717) is 0 Å². The van der Waals surface area contributed by atoms with Gasteiger partial charge in [0.1, 0.15) is 0 Å². The van der Waals surface area contributed by atoms with E-state index in [4.69, 9.17) is 0 Å². The first kappa shape index (κ1) is 15.2. The minimum absolute atomic E-state index is 0.739. The Morgan fingerprint density at radius 3 is 2.67 bits per heavy atom. The van der Waals surface area contributed by atoms with Crippen molar-refractivity contribution in [3.8, 4) is 0 Å². The highest BCUT2D eigenvalue weighted by molar-refractivity contribution is 5.09.